The molecule has 5 nitrogen and oxygen atoms in total. The van der Waals surface area contributed by atoms with Gasteiger partial charge in [0.2, 0.25) is 0 Å². The van der Waals surface area contributed by atoms with E-state index in [9.17, 15) is 13.2 Å². The fourth-order valence-corrected chi connectivity index (χ4v) is 1.63. The van der Waals surface area contributed by atoms with Crippen LogP contribution in [0.25, 0.3) is 0 Å². The lowest BCUT2D eigenvalue weighted by molar-refractivity contribution is -0.192. The first-order valence-electron chi connectivity index (χ1n) is 5.98. The van der Waals surface area contributed by atoms with Crippen LogP contribution in [0.5, 0.6) is 0 Å². The van der Waals surface area contributed by atoms with Gasteiger partial charge in [-0.3, -0.25) is 4.98 Å². The van der Waals surface area contributed by atoms with Gasteiger partial charge < -0.3 is 15.3 Å². The van der Waals surface area contributed by atoms with Gasteiger partial charge >= 0.3 is 12.1 Å². The van der Waals surface area contributed by atoms with E-state index in [2.05, 4.69) is 28.2 Å². The molecule has 0 radical (unpaired) electrons. The number of carboxylic acids is 1. The molecule has 0 atom stereocenters. The molecule has 0 unspecified atom stereocenters. The fraction of sp³-hybridized carbons (Fsp3) is 0.500. The molecule has 0 aromatic carbocycles. The van der Waals surface area contributed by atoms with Crippen LogP contribution in [0.4, 0.5) is 18.9 Å². The Balaban J connectivity index is 0.000000246. The smallest absolute Gasteiger partial charge is 0.475 e. The number of nitrogens with zero attached hydrogens (tertiary/aromatic N) is 2. The predicted octanol–water partition coefficient (Wildman–Crippen LogP) is 1.43. The molecular formula is C12H16F3N3O2. The molecule has 2 heterocycles. The highest BCUT2D eigenvalue weighted by Gasteiger charge is 2.38. The maximum atomic E-state index is 10.6. The number of hydrogen-bond acceptors (Lipinski definition) is 4. The summed E-state index contributed by atoms with van der Waals surface area (Å²) in [7, 11) is 0. The van der Waals surface area contributed by atoms with Crippen LogP contribution in [0.15, 0.2) is 18.5 Å². The number of aryl methyl sites for hydroxylation is 1. The number of aliphatic carboxylic acids is 1. The van der Waals surface area contributed by atoms with Gasteiger partial charge in [0.05, 0.1) is 11.9 Å². The fourth-order valence-electron chi connectivity index (χ4n) is 1.63. The Morgan fingerprint density at radius 1 is 1.35 bits per heavy atom. The van der Waals surface area contributed by atoms with Crippen LogP contribution in [0, 0.1) is 6.92 Å². The molecule has 1 aliphatic heterocycles. The number of carbonyl (C=O) groups is 1. The van der Waals surface area contributed by atoms with Gasteiger partial charge in [0.25, 0.3) is 0 Å². The number of halogens is 3. The molecule has 2 rings (SSSR count). The number of anilines is 1. The zero-order valence-corrected chi connectivity index (χ0v) is 10.9. The van der Waals surface area contributed by atoms with Gasteiger partial charge in [-0.15, -0.1) is 0 Å². The molecular weight excluding hydrogens is 275 g/mol. The van der Waals surface area contributed by atoms with Crippen LogP contribution in [-0.2, 0) is 4.79 Å². The lowest BCUT2D eigenvalue weighted by Crippen LogP contribution is -2.43. The molecule has 1 aliphatic rings. The minimum atomic E-state index is -5.08. The number of hydrogen-bond donors (Lipinski definition) is 2. The van der Waals surface area contributed by atoms with Crippen LogP contribution in [0.2, 0.25) is 0 Å². The maximum absolute atomic E-state index is 10.6. The van der Waals surface area contributed by atoms with Gasteiger partial charge in [-0.2, -0.15) is 13.2 Å². The van der Waals surface area contributed by atoms with E-state index in [-0.39, 0.29) is 0 Å². The van der Waals surface area contributed by atoms with E-state index >= 15 is 0 Å². The van der Waals surface area contributed by atoms with Crippen molar-refractivity contribution in [1.82, 2.24) is 10.3 Å². The summed E-state index contributed by atoms with van der Waals surface area (Å²) in [6, 6.07) is 2.19. The molecule has 1 aromatic rings. The van der Waals surface area contributed by atoms with Crippen LogP contribution < -0.4 is 10.2 Å². The second-order valence-electron chi connectivity index (χ2n) is 4.26. The van der Waals surface area contributed by atoms with Crippen molar-refractivity contribution in [3.63, 3.8) is 0 Å². The SMILES string of the molecule is Cc1cncc(N2CCNCC2)c1.O=C(O)C(F)(F)F. The lowest BCUT2D eigenvalue weighted by atomic mass is 10.2. The van der Waals surface area contributed by atoms with Gasteiger partial charge in [0.15, 0.2) is 0 Å². The molecule has 1 aromatic heterocycles. The highest BCUT2D eigenvalue weighted by Crippen LogP contribution is 2.14. The molecule has 1 saturated heterocycles. The Morgan fingerprint density at radius 2 is 1.90 bits per heavy atom. The van der Waals surface area contributed by atoms with Crippen molar-refractivity contribution in [3.8, 4) is 0 Å². The topological polar surface area (TPSA) is 65.5 Å². The van der Waals surface area contributed by atoms with E-state index < -0.39 is 12.1 Å². The number of nitrogens with one attached hydrogen (secondary N) is 1. The predicted molar refractivity (Wildman–Crippen MR) is 67.7 cm³/mol. The average molecular weight is 291 g/mol. The van der Waals surface area contributed by atoms with E-state index in [1.165, 1.54) is 11.3 Å². The number of rotatable bonds is 1. The Bertz CT molecular complexity index is 446. The molecule has 8 heteroatoms. The van der Waals surface area contributed by atoms with Crippen molar-refractivity contribution >= 4 is 11.7 Å². The summed E-state index contributed by atoms with van der Waals surface area (Å²) in [6.45, 7) is 6.41. The van der Waals surface area contributed by atoms with E-state index in [0.29, 0.717) is 0 Å². The summed E-state index contributed by atoms with van der Waals surface area (Å²) in [5, 5.41) is 10.5. The van der Waals surface area contributed by atoms with Crippen LogP contribution in [0.1, 0.15) is 5.56 Å². The van der Waals surface area contributed by atoms with Gasteiger partial charge in [-0.05, 0) is 18.6 Å². The zero-order valence-electron chi connectivity index (χ0n) is 10.9. The molecule has 0 amide bonds. The Morgan fingerprint density at radius 3 is 2.35 bits per heavy atom. The summed E-state index contributed by atoms with van der Waals surface area (Å²) in [5.41, 5.74) is 2.48. The van der Waals surface area contributed by atoms with Crippen LogP contribution in [0.3, 0.4) is 0 Å². The minimum Gasteiger partial charge on any atom is -0.475 e. The first kappa shape index (κ1) is 16.2. The van der Waals surface area contributed by atoms with E-state index in [0.717, 1.165) is 26.2 Å². The molecule has 1 fully saturated rings. The van der Waals surface area contributed by atoms with Gasteiger partial charge in [-0.1, -0.05) is 0 Å². The molecule has 0 spiro atoms. The molecule has 0 bridgehead atoms. The number of carboxylic acid groups (broad SMARTS) is 1. The van der Waals surface area contributed by atoms with Gasteiger partial charge in [0, 0.05) is 32.4 Å². The molecule has 0 aliphatic carbocycles. The maximum Gasteiger partial charge on any atom is 0.490 e. The largest absolute Gasteiger partial charge is 0.490 e. The number of pyridine rings is 1. The highest BCUT2D eigenvalue weighted by atomic mass is 19.4. The lowest BCUT2D eigenvalue weighted by Gasteiger charge is -2.29. The Labute approximate surface area is 114 Å². The van der Waals surface area contributed by atoms with Crippen molar-refractivity contribution in [2.24, 2.45) is 0 Å². The Hall–Kier alpha value is -1.83. The number of aromatic nitrogens is 1. The summed E-state index contributed by atoms with van der Waals surface area (Å²) < 4.78 is 31.7. The van der Waals surface area contributed by atoms with Crippen LogP contribution >= 0.6 is 0 Å². The zero-order chi connectivity index (χ0) is 15.2. The minimum absolute atomic E-state index is 1.08. The third kappa shape index (κ3) is 5.43. The first-order chi connectivity index (χ1) is 9.30. The van der Waals surface area contributed by atoms with E-state index in [1.54, 1.807) is 0 Å². The molecule has 2 N–H and O–H groups in total. The molecule has 112 valence electrons. The van der Waals surface area contributed by atoms with Crippen molar-refractivity contribution in [1.29, 1.82) is 0 Å². The quantitative estimate of drug-likeness (QED) is 0.819. The monoisotopic (exact) mass is 291 g/mol. The third-order valence-corrected chi connectivity index (χ3v) is 2.59. The summed E-state index contributed by atoms with van der Waals surface area (Å²) in [4.78, 5) is 15.5. The van der Waals surface area contributed by atoms with E-state index in [1.807, 2.05) is 12.4 Å². The third-order valence-electron chi connectivity index (χ3n) is 2.59. The van der Waals surface area contributed by atoms with Crippen molar-refractivity contribution < 1.29 is 23.1 Å². The second-order valence-corrected chi connectivity index (χ2v) is 4.26. The number of piperazine rings is 1. The highest BCUT2D eigenvalue weighted by molar-refractivity contribution is 5.73. The molecule has 0 saturated carbocycles. The van der Waals surface area contributed by atoms with Gasteiger partial charge in [0.1, 0.15) is 0 Å². The first-order valence-corrected chi connectivity index (χ1v) is 5.98. The average Bonchev–Trinajstić information content (AvgIpc) is 2.39. The van der Waals surface area contributed by atoms with E-state index in [4.69, 9.17) is 9.90 Å². The Kier molecular flexibility index (Phi) is 5.75. The number of alkyl halides is 3. The summed E-state index contributed by atoms with van der Waals surface area (Å²) in [6.07, 6.45) is -1.25. The second kappa shape index (κ2) is 7.09. The van der Waals surface area contributed by atoms with Crippen molar-refractivity contribution in [2.45, 2.75) is 13.1 Å². The summed E-state index contributed by atoms with van der Waals surface area (Å²) >= 11 is 0. The van der Waals surface area contributed by atoms with Crippen molar-refractivity contribution in [3.05, 3.63) is 24.0 Å². The summed E-state index contributed by atoms with van der Waals surface area (Å²) in [5.74, 6) is -2.76. The van der Waals surface area contributed by atoms with Crippen LogP contribution in [-0.4, -0.2) is 48.4 Å². The standard InChI is InChI=1S/C10H15N3.C2HF3O2/c1-9-6-10(8-12-7-9)13-4-2-11-3-5-13;3-2(4,5)1(6)7/h6-8,11H,2-5H2,1H3;(H,6,7). The normalized spacial score (nSPS) is 15.3. The van der Waals surface area contributed by atoms with Gasteiger partial charge in [-0.25, -0.2) is 4.79 Å². The molecule has 20 heavy (non-hydrogen) atoms. The van der Waals surface area contributed by atoms with Crippen molar-refractivity contribution in [2.75, 3.05) is 31.1 Å².